The lowest BCUT2D eigenvalue weighted by atomic mass is 10.1. The van der Waals surface area contributed by atoms with E-state index in [1.54, 1.807) is 4.90 Å². The third-order valence-electron chi connectivity index (χ3n) is 2.89. The Balaban J connectivity index is 2.22. The average molecular weight is 224 g/mol. The highest BCUT2D eigenvalue weighted by Gasteiger charge is 2.30. The molecule has 88 valence electrons. The molecule has 2 atom stereocenters. The first-order chi connectivity index (χ1) is 7.59. The molecule has 1 saturated heterocycles. The molecule has 16 heavy (non-hydrogen) atoms. The molecule has 2 unspecified atom stereocenters. The van der Waals surface area contributed by atoms with Crippen LogP contribution in [0, 0.1) is 0 Å². The standard InChI is InChI=1S/C10H16N4O2/c1-6-3-11-4-7(2)14(6)9(15)8-5-12-10(16)13-8/h5-7,11H,3-4H2,1-2H3,(H2,12,13,16). The number of hydrogen-bond donors (Lipinski definition) is 3. The Morgan fingerprint density at radius 3 is 2.50 bits per heavy atom. The number of aromatic amines is 2. The van der Waals surface area contributed by atoms with Gasteiger partial charge in [-0.2, -0.15) is 0 Å². The van der Waals surface area contributed by atoms with Crippen molar-refractivity contribution < 1.29 is 4.79 Å². The smallest absolute Gasteiger partial charge is 0.323 e. The van der Waals surface area contributed by atoms with Crippen LogP contribution >= 0.6 is 0 Å². The number of nitrogens with zero attached hydrogens (tertiary/aromatic N) is 1. The van der Waals surface area contributed by atoms with Crippen molar-refractivity contribution in [3.8, 4) is 0 Å². The van der Waals surface area contributed by atoms with E-state index in [1.807, 2.05) is 13.8 Å². The zero-order chi connectivity index (χ0) is 11.7. The lowest BCUT2D eigenvalue weighted by Crippen LogP contribution is -2.57. The molecule has 6 nitrogen and oxygen atoms in total. The van der Waals surface area contributed by atoms with Gasteiger partial charge in [-0.25, -0.2) is 4.79 Å². The summed E-state index contributed by atoms with van der Waals surface area (Å²) in [7, 11) is 0. The van der Waals surface area contributed by atoms with Gasteiger partial charge in [0, 0.05) is 31.4 Å². The van der Waals surface area contributed by atoms with E-state index >= 15 is 0 Å². The average Bonchev–Trinajstić information content (AvgIpc) is 2.64. The second-order valence-corrected chi connectivity index (χ2v) is 4.23. The van der Waals surface area contributed by atoms with E-state index in [0.29, 0.717) is 5.69 Å². The summed E-state index contributed by atoms with van der Waals surface area (Å²) in [5.74, 6) is -0.125. The Morgan fingerprint density at radius 1 is 1.38 bits per heavy atom. The van der Waals surface area contributed by atoms with Crippen molar-refractivity contribution in [2.75, 3.05) is 13.1 Å². The molecule has 0 radical (unpaired) electrons. The van der Waals surface area contributed by atoms with Gasteiger partial charge < -0.3 is 20.2 Å². The van der Waals surface area contributed by atoms with E-state index in [2.05, 4.69) is 15.3 Å². The van der Waals surface area contributed by atoms with Gasteiger partial charge in [-0.1, -0.05) is 0 Å². The molecule has 2 rings (SSSR count). The van der Waals surface area contributed by atoms with E-state index in [4.69, 9.17) is 0 Å². The van der Waals surface area contributed by atoms with Crippen LogP contribution in [0.4, 0.5) is 0 Å². The lowest BCUT2D eigenvalue weighted by molar-refractivity contribution is 0.0539. The van der Waals surface area contributed by atoms with Crippen LogP contribution in [0.15, 0.2) is 11.0 Å². The minimum Gasteiger partial charge on any atom is -0.329 e. The van der Waals surface area contributed by atoms with Gasteiger partial charge in [0.15, 0.2) is 0 Å². The molecular formula is C10H16N4O2. The molecule has 1 aliphatic heterocycles. The number of hydrogen-bond acceptors (Lipinski definition) is 3. The number of rotatable bonds is 1. The third kappa shape index (κ3) is 1.88. The van der Waals surface area contributed by atoms with Gasteiger partial charge in [0.05, 0.1) is 0 Å². The number of carbonyl (C=O) groups is 1. The van der Waals surface area contributed by atoms with Crippen LogP contribution in [0.5, 0.6) is 0 Å². The summed E-state index contributed by atoms with van der Waals surface area (Å²) >= 11 is 0. The van der Waals surface area contributed by atoms with E-state index in [-0.39, 0.29) is 23.7 Å². The fourth-order valence-electron chi connectivity index (χ4n) is 2.12. The molecule has 6 heteroatoms. The summed E-state index contributed by atoms with van der Waals surface area (Å²) in [6.07, 6.45) is 1.42. The number of imidazole rings is 1. The number of aromatic nitrogens is 2. The van der Waals surface area contributed by atoms with E-state index in [0.717, 1.165) is 13.1 Å². The first kappa shape index (κ1) is 10.9. The predicted octanol–water partition coefficient (Wildman–Crippen LogP) is -0.475. The van der Waals surface area contributed by atoms with E-state index < -0.39 is 0 Å². The van der Waals surface area contributed by atoms with Crippen LogP contribution in [0.1, 0.15) is 24.3 Å². The second kappa shape index (κ2) is 4.13. The fraction of sp³-hybridized carbons (Fsp3) is 0.600. The van der Waals surface area contributed by atoms with Crippen LogP contribution in [-0.4, -0.2) is 45.9 Å². The van der Waals surface area contributed by atoms with Gasteiger partial charge in [0.2, 0.25) is 0 Å². The summed E-state index contributed by atoms with van der Waals surface area (Å²) in [6, 6.07) is 0.268. The van der Waals surface area contributed by atoms with Crippen LogP contribution in [0.2, 0.25) is 0 Å². The van der Waals surface area contributed by atoms with E-state index in [9.17, 15) is 9.59 Å². The molecule has 0 bridgehead atoms. The van der Waals surface area contributed by atoms with Gasteiger partial charge in [-0.05, 0) is 13.8 Å². The molecule has 0 saturated carbocycles. The molecule has 3 N–H and O–H groups in total. The van der Waals surface area contributed by atoms with Crippen molar-refractivity contribution in [2.45, 2.75) is 25.9 Å². The van der Waals surface area contributed by atoms with Crippen LogP contribution in [-0.2, 0) is 0 Å². The topological polar surface area (TPSA) is 81.0 Å². The number of nitrogens with one attached hydrogen (secondary N) is 3. The van der Waals surface area contributed by atoms with Crippen molar-refractivity contribution in [1.29, 1.82) is 0 Å². The van der Waals surface area contributed by atoms with Crippen molar-refractivity contribution in [1.82, 2.24) is 20.2 Å². The van der Waals surface area contributed by atoms with Crippen LogP contribution in [0.25, 0.3) is 0 Å². The maximum atomic E-state index is 12.1. The lowest BCUT2D eigenvalue weighted by Gasteiger charge is -2.39. The monoisotopic (exact) mass is 224 g/mol. The van der Waals surface area contributed by atoms with Gasteiger partial charge in [-0.3, -0.25) is 4.79 Å². The molecule has 0 spiro atoms. The van der Waals surface area contributed by atoms with Crippen molar-refractivity contribution >= 4 is 5.91 Å². The Kier molecular flexibility index (Phi) is 2.82. The number of carbonyl (C=O) groups excluding carboxylic acids is 1. The zero-order valence-corrected chi connectivity index (χ0v) is 9.41. The summed E-state index contributed by atoms with van der Waals surface area (Å²) in [5, 5.41) is 3.25. The molecule has 1 aliphatic rings. The van der Waals surface area contributed by atoms with E-state index in [1.165, 1.54) is 6.20 Å². The van der Waals surface area contributed by atoms with Gasteiger partial charge in [0.1, 0.15) is 5.69 Å². The molecule has 1 aromatic rings. The molecule has 1 aromatic heterocycles. The fourth-order valence-corrected chi connectivity index (χ4v) is 2.12. The molecule has 2 heterocycles. The second-order valence-electron chi connectivity index (χ2n) is 4.23. The molecule has 0 aromatic carbocycles. The summed E-state index contributed by atoms with van der Waals surface area (Å²) in [5.41, 5.74) is -0.0237. The van der Waals surface area contributed by atoms with Gasteiger partial charge >= 0.3 is 5.69 Å². The van der Waals surface area contributed by atoms with Gasteiger partial charge in [0.25, 0.3) is 5.91 Å². The summed E-state index contributed by atoms with van der Waals surface area (Å²) in [4.78, 5) is 29.8. The first-order valence-electron chi connectivity index (χ1n) is 5.40. The molecule has 0 aliphatic carbocycles. The minimum absolute atomic E-state index is 0.125. The maximum absolute atomic E-state index is 12.1. The van der Waals surface area contributed by atoms with Crippen LogP contribution in [0.3, 0.4) is 0 Å². The van der Waals surface area contributed by atoms with Crippen molar-refractivity contribution in [2.24, 2.45) is 0 Å². The summed E-state index contributed by atoms with van der Waals surface area (Å²) < 4.78 is 0. The Hall–Kier alpha value is -1.56. The SMILES string of the molecule is CC1CNCC(C)N1C(=O)c1c[nH]c(=O)[nH]1. The number of H-pyrrole nitrogens is 2. The summed E-state index contributed by atoms with van der Waals surface area (Å²) in [6.45, 7) is 5.55. The third-order valence-corrected chi connectivity index (χ3v) is 2.89. The molecule has 1 amide bonds. The normalized spacial score (nSPS) is 25.8. The zero-order valence-electron chi connectivity index (χ0n) is 9.41. The van der Waals surface area contributed by atoms with Crippen LogP contribution < -0.4 is 11.0 Å². The Morgan fingerprint density at radius 2 is 2.00 bits per heavy atom. The highest BCUT2D eigenvalue weighted by Crippen LogP contribution is 2.12. The highest BCUT2D eigenvalue weighted by molar-refractivity contribution is 5.92. The van der Waals surface area contributed by atoms with Gasteiger partial charge in [-0.15, -0.1) is 0 Å². The predicted molar refractivity (Wildman–Crippen MR) is 59.4 cm³/mol. The maximum Gasteiger partial charge on any atom is 0.323 e. The highest BCUT2D eigenvalue weighted by atomic mass is 16.2. The first-order valence-corrected chi connectivity index (χ1v) is 5.40. The molecule has 1 fully saturated rings. The van der Waals surface area contributed by atoms with Crippen molar-refractivity contribution in [3.63, 3.8) is 0 Å². The Bertz CT molecular complexity index is 426. The number of amides is 1. The minimum atomic E-state index is -0.348. The quantitative estimate of drug-likeness (QED) is 0.603. The largest absolute Gasteiger partial charge is 0.329 e. The Labute approximate surface area is 93.0 Å². The number of piperazine rings is 1. The molecular weight excluding hydrogens is 208 g/mol. The van der Waals surface area contributed by atoms with Crippen molar-refractivity contribution in [3.05, 3.63) is 22.4 Å².